The van der Waals surface area contributed by atoms with Crippen LogP contribution in [-0.4, -0.2) is 25.3 Å². The Morgan fingerprint density at radius 2 is 2.05 bits per heavy atom. The molecule has 1 aliphatic rings. The Morgan fingerprint density at radius 3 is 2.73 bits per heavy atom. The molecule has 0 spiro atoms. The lowest BCUT2D eigenvalue weighted by Crippen LogP contribution is -2.31. The predicted octanol–water partition coefficient (Wildman–Crippen LogP) is 1.78. The molecular weight excluding hydrogens is 302 g/mol. The van der Waals surface area contributed by atoms with Gasteiger partial charge in [-0.05, 0) is 43.5 Å². The van der Waals surface area contributed by atoms with Gasteiger partial charge in [0.2, 0.25) is 10.0 Å². The third kappa shape index (κ3) is 2.74. The van der Waals surface area contributed by atoms with E-state index in [1.807, 2.05) is 11.7 Å². The molecule has 1 heterocycles. The normalized spacial score (nSPS) is 18.0. The molecule has 1 aromatic heterocycles. The molecule has 0 saturated heterocycles. The summed E-state index contributed by atoms with van der Waals surface area (Å²) in [7, 11) is -0.124. The number of aryl methyl sites for hydroxylation is 1. The fourth-order valence-corrected chi connectivity index (χ4v) is 4.09. The highest BCUT2D eigenvalue weighted by Crippen LogP contribution is 2.30. The molecule has 0 unspecified atom stereocenters. The van der Waals surface area contributed by atoms with Gasteiger partial charge in [0.25, 0.3) is 0 Å². The Kier molecular flexibility index (Phi) is 3.92. The Bertz CT molecular complexity index is 766. The molecule has 1 N–H and O–H groups in total. The summed E-state index contributed by atoms with van der Waals surface area (Å²) in [6.07, 6.45) is 4.43. The topological polar surface area (TPSA) is 73.2 Å². The van der Waals surface area contributed by atoms with Crippen molar-refractivity contribution in [2.24, 2.45) is 7.05 Å². The number of aromatic nitrogens is 2. The maximum Gasteiger partial charge on any atom is 0.241 e. The third-order valence-corrected chi connectivity index (χ3v) is 5.53. The van der Waals surface area contributed by atoms with E-state index in [-0.39, 0.29) is 10.9 Å². The van der Waals surface area contributed by atoms with Crippen LogP contribution in [0.5, 0.6) is 5.75 Å². The summed E-state index contributed by atoms with van der Waals surface area (Å²) in [5.41, 5.74) is 2.08. The van der Waals surface area contributed by atoms with Crippen molar-refractivity contribution in [1.29, 1.82) is 0 Å². The molecule has 7 heteroatoms. The minimum atomic E-state index is -3.56. The van der Waals surface area contributed by atoms with Crippen molar-refractivity contribution in [1.82, 2.24) is 14.5 Å². The van der Waals surface area contributed by atoms with Crippen LogP contribution < -0.4 is 9.46 Å². The monoisotopic (exact) mass is 321 g/mol. The van der Waals surface area contributed by atoms with Crippen molar-refractivity contribution in [3.63, 3.8) is 0 Å². The molecule has 118 valence electrons. The molecule has 0 fully saturated rings. The number of rotatable bonds is 4. The average Bonchev–Trinajstić information content (AvgIpc) is 2.90. The van der Waals surface area contributed by atoms with E-state index in [1.54, 1.807) is 37.6 Å². The maximum absolute atomic E-state index is 12.5. The van der Waals surface area contributed by atoms with Gasteiger partial charge < -0.3 is 4.74 Å². The molecule has 0 aliphatic heterocycles. The van der Waals surface area contributed by atoms with Crippen LogP contribution in [0.2, 0.25) is 0 Å². The molecule has 6 nitrogen and oxygen atoms in total. The van der Waals surface area contributed by atoms with Crippen LogP contribution in [0.1, 0.15) is 30.1 Å². The second-order valence-electron chi connectivity index (χ2n) is 5.41. The first-order valence-corrected chi connectivity index (χ1v) is 8.67. The number of nitrogens with zero attached hydrogens (tertiary/aromatic N) is 2. The Labute approximate surface area is 130 Å². The molecule has 0 amide bonds. The number of hydrogen-bond acceptors (Lipinski definition) is 4. The molecule has 0 saturated carbocycles. The number of methoxy groups -OCH3 is 1. The largest absolute Gasteiger partial charge is 0.497 e. The molecular formula is C15H19N3O3S. The van der Waals surface area contributed by atoms with E-state index < -0.39 is 10.0 Å². The highest BCUT2D eigenvalue weighted by atomic mass is 32.2. The summed E-state index contributed by atoms with van der Waals surface area (Å²) >= 11 is 0. The summed E-state index contributed by atoms with van der Waals surface area (Å²) in [5, 5.41) is 4.24. The zero-order valence-electron chi connectivity index (χ0n) is 12.6. The van der Waals surface area contributed by atoms with Gasteiger partial charge in [0.15, 0.2) is 0 Å². The Balaban J connectivity index is 1.85. The van der Waals surface area contributed by atoms with Crippen molar-refractivity contribution >= 4 is 10.0 Å². The fraction of sp³-hybridized carbons (Fsp3) is 0.400. The van der Waals surface area contributed by atoms with Gasteiger partial charge in [-0.15, -0.1) is 0 Å². The first-order chi connectivity index (χ1) is 10.5. The van der Waals surface area contributed by atoms with E-state index in [0.717, 1.165) is 30.5 Å². The maximum atomic E-state index is 12.5. The molecule has 3 rings (SSSR count). The lowest BCUT2D eigenvalue weighted by molar-refractivity contribution is 0.414. The van der Waals surface area contributed by atoms with Gasteiger partial charge >= 0.3 is 0 Å². The van der Waals surface area contributed by atoms with Gasteiger partial charge in [-0.3, -0.25) is 4.68 Å². The van der Waals surface area contributed by atoms with E-state index in [1.165, 1.54) is 0 Å². The second-order valence-corrected chi connectivity index (χ2v) is 7.13. The van der Waals surface area contributed by atoms with Crippen LogP contribution in [0.4, 0.5) is 0 Å². The van der Waals surface area contributed by atoms with Crippen molar-refractivity contribution in [2.75, 3.05) is 7.11 Å². The third-order valence-electron chi connectivity index (χ3n) is 4.04. The predicted molar refractivity (Wildman–Crippen MR) is 82.2 cm³/mol. The summed E-state index contributed by atoms with van der Waals surface area (Å²) in [5.74, 6) is 0.631. The van der Waals surface area contributed by atoms with Crippen LogP contribution >= 0.6 is 0 Å². The summed E-state index contributed by atoms with van der Waals surface area (Å²) < 4.78 is 34.7. The van der Waals surface area contributed by atoms with Crippen molar-refractivity contribution in [3.8, 4) is 5.75 Å². The van der Waals surface area contributed by atoms with Crippen LogP contribution in [0, 0.1) is 0 Å². The Hall–Kier alpha value is -1.86. The van der Waals surface area contributed by atoms with E-state index in [9.17, 15) is 8.42 Å². The number of fused-ring (bicyclic) bond motifs is 1. The molecule has 2 aromatic rings. The number of sulfonamides is 1. The number of nitrogens with one attached hydrogen (secondary N) is 1. The molecule has 0 bridgehead atoms. The molecule has 1 aliphatic carbocycles. The van der Waals surface area contributed by atoms with Gasteiger partial charge in [0.05, 0.1) is 24.2 Å². The lowest BCUT2D eigenvalue weighted by Gasteiger charge is -2.23. The number of benzene rings is 1. The van der Waals surface area contributed by atoms with Gasteiger partial charge in [-0.1, -0.05) is 0 Å². The Morgan fingerprint density at radius 1 is 1.32 bits per heavy atom. The molecule has 1 aromatic carbocycles. The molecule has 22 heavy (non-hydrogen) atoms. The van der Waals surface area contributed by atoms with Crippen molar-refractivity contribution in [3.05, 3.63) is 41.7 Å². The summed E-state index contributed by atoms with van der Waals surface area (Å²) in [6, 6.07) is 6.17. The zero-order chi connectivity index (χ0) is 15.7. The SMILES string of the molecule is COc1ccc(S(=O)(=O)N[C@H]2CCCc3c2cnn3C)cc1. The van der Waals surface area contributed by atoms with Crippen molar-refractivity contribution in [2.45, 2.75) is 30.2 Å². The standard InChI is InChI=1S/C15H19N3O3S/c1-18-15-5-3-4-14(13(15)10-16-18)17-22(19,20)12-8-6-11(21-2)7-9-12/h6-10,14,17H,3-5H2,1-2H3/t14-/m0/s1. The summed E-state index contributed by atoms with van der Waals surface area (Å²) in [4.78, 5) is 0.240. The van der Waals surface area contributed by atoms with Crippen LogP contribution in [0.15, 0.2) is 35.4 Å². The van der Waals surface area contributed by atoms with Crippen molar-refractivity contribution < 1.29 is 13.2 Å². The number of ether oxygens (including phenoxy) is 1. The number of hydrogen-bond donors (Lipinski definition) is 1. The van der Waals surface area contributed by atoms with Crippen LogP contribution in [0.3, 0.4) is 0 Å². The van der Waals surface area contributed by atoms with Gasteiger partial charge in [-0.25, -0.2) is 13.1 Å². The summed E-state index contributed by atoms with van der Waals surface area (Å²) in [6.45, 7) is 0. The zero-order valence-corrected chi connectivity index (χ0v) is 13.4. The highest BCUT2D eigenvalue weighted by Gasteiger charge is 2.27. The van der Waals surface area contributed by atoms with Gasteiger partial charge in [0.1, 0.15) is 5.75 Å². The average molecular weight is 321 g/mol. The second kappa shape index (κ2) is 5.73. The van der Waals surface area contributed by atoms with E-state index >= 15 is 0 Å². The minimum absolute atomic E-state index is 0.218. The van der Waals surface area contributed by atoms with E-state index in [4.69, 9.17) is 4.74 Å². The molecule has 1 atom stereocenters. The highest BCUT2D eigenvalue weighted by molar-refractivity contribution is 7.89. The van der Waals surface area contributed by atoms with E-state index in [0.29, 0.717) is 5.75 Å². The van der Waals surface area contributed by atoms with Crippen LogP contribution in [-0.2, 0) is 23.5 Å². The first kappa shape index (κ1) is 15.1. The smallest absolute Gasteiger partial charge is 0.241 e. The quantitative estimate of drug-likeness (QED) is 0.932. The lowest BCUT2D eigenvalue weighted by atomic mass is 9.94. The van der Waals surface area contributed by atoms with Gasteiger partial charge in [0, 0.05) is 18.3 Å². The van der Waals surface area contributed by atoms with Crippen LogP contribution in [0.25, 0.3) is 0 Å². The first-order valence-electron chi connectivity index (χ1n) is 7.18. The fourth-order valence-electron chi connectivity index (χ4n) is 2.84. The van der Waals surface area contributed by atoms with E-state index in [2.05, 4.69) is 9.82 Å². The molecule has 0 radical (unpaired) electrons. The minimum Gasteiger partial charge on any atom is -0.497 e. The van der Waals surface area contributed by atoms with Gasteiger partial charge in [-0.2, -0.15) is 5.10 Å².